The Kier molecular flexibility index (Phi) is 2.94. The van der Waals surface area contributed by atoms with Gasteiger partial charge in [0.15, 0.2) is 12.0 Å². The normalized spacial score (nSPS) is 10.2. The Morgan fingerprint density at radius 3 is 2.90 bits per heavy atom. The molecule has 3 aromatic rings. The molecule has 0 spiro atoms. The van der Waals surface area contributed by atoms with Crippen LogP contribution in [0.25, 0.3) is 15.7 Å². The zero-order valence-electron chi connectivity index (χ0n) is 10.5. The molecule has 1 heterocycles. The minimum atomic E-state index is 0.481. The number of aromatic nitrogens is 1. The predicted octanol–water partition coefficient (Wildman–Crippen LogP) is 4.32. The lowest BCUT2D eigenvalue weighted by Crippen LogP contribution is -1.91. The molecule has 0 bridgehead atoms. The summed E-state index contributed by atoms with van der Waals surface area (Å²) in [7, 11) is 0. The summed E-state index contributed by atoms with van der Waals surface area (Å²) in [6.07, 6.45) is 2.56. The lowest BCUT2D eigenvalue weighted by atomic mass is 10.1. The average molecular weight is 262 g/mol. The number of hydrogen-bond donors (Lipinski definition) is 1. The van der Waals surface area contributed by atoms with Gasteiger partial charge in [0.1, 0.15) is 11.5 Å². The molecule has 4 nitrogen and oxygen atoms in total. The number of aldehydes is 1. The lowest BCUT2D eigenvalue weighted by Gasteiger charge is -2.09. The fourth-order valence-electron chi connectivity index (χ4n) is 2.09. The second-order valence-electron chi connectivity index (χ2n) is 4.25. The van der Waals surface area contributed by atoms with Crippen LogP contribution in [0.15, 0.2) is 48.7 Å². The molecule has 0 amide bonds. The van der Waals surface area contributed by atoms with Crippen molar-refractivity contribution in [2.24, 2.45) is 0 Å². The van der Waals surface area contributed by atoms with Gasteiger partial charge in [-0.25, -0.2) is 4.85 Å². The Hall–Kier alpha value is -3.06. The minimum Gasteiger partial charge on any atom is -0.458 e. The van der Waals surface area contributed by atoms with E-state index >= 15 is 0 Å². The van der Waals surface area contributed by atoms with Crippen molar-refractivity contribution in [2.45, 2.75) is 0 Å². The first-order valence-corrected chi connectivity index (χ1v) is 6.02. The number of hydrogen-bond acceptors (Lipinski definition) is 2. The SMILES string of the molecule is [C-]#[N+]c1cccc(Oc2ccc3[nH]ccc3c2C=O)c1. The van der Waals surface area contributed by atoms with Crippen LogP contribution in [0.5, 0.6) is 11.5 Å². The first-order valence-electron chi connectivity index (χ1n) is 6.02. The fraction of sp³-hybridized carbons (Fsp3) is 0. The monoisotopic (exact) mass is 262 g/mol. The van der Waals surface area contributed by atoms with Gasteiger partial charge in [-0.15, -0.1) is 0 Å². The predicted molar refractivity (Wildman–Crippen MR) is 76.5 cm³/mol. The summed E-state index contributed by atoms with van der Waals surface area (Å²) in [6, 6.07) is 12.3. The molecule has 0 atom stereocenters. The number of aromatic amines is 1. The number of benzene rings is 2. The Bertz CT molecular complexity index is 828. The minimum absolute atomic E-state index is 0.481. The molecule has 0 saturated heterocycles. The Labute approximate surface area is 115 Å². The molecule has 0 aliphatic rings. The van der Waals surface area contributed by atoms with Crippen molar-refractivity contribution >= 4 is 22.9 Å². The molecule has 1 aromatic heterocycles. The first-order chi connectivity index (χ1) is 9.81. The van der Waals surface area contributed by atoms with Crippen LogP contribution in [0.1, 0.15) is 10.4 Å². The quantitative estimate of drug-likeness (QED) is 0.564. The van der Waals surface area contributed by atoms with E-state index in [9.17, 15) is 4.79 Å². The Balaban J connectivity index is 2.06. The number of fused-ring (bicyclic) bond motifs is 1. The van der Waals surface area contributed by atoms with Crippen molar-refractivity contribution in [3.05, 3.63) is 65.6 Å². The van der Waals surface area contributed by atoms with E-state index in [1.165, 1.54) is 0 Å². The van der Waals surface area contributed by atoms with E-state index in [4.69, 9.17) is 11.3 Å². The summed E-state index contributed by atoms with van der Waals surface area (Å²) in [5.41, 5.74) is 1.88. The third-order valence-electron chi connectivity index (χ3n) is 3.03. The van der Waals surface area contributed by atoms with Gasteiger partial charge in [-0.2, -0.15) is 0 Å². The summed E-state index contributed by atoms with van der Waals surface area (Å²) < 4.78 is 5.73. The first kappa shape index (κ1) is 12.0. The van der Waals surface area contributed by atoms with Crippen molar-refractivity contribution in [3.63, 3.8) is 0 Å². The molecule has 0 aliphatic carbocycles. The number of rotatable bonds is 3. The highest BCUT2D eigenvalue weighted by Crippen LogP contribution is 2.31. The summed E-state index contributed by atoms with van der Waals surface area (Å²) in [5.74, 6) is 1.02. The molecular weight excluding hydrogens is 252 g/mol. The summed E-state index contributed by atoms with van der Waals surface area (Å²) >= 11 is 0. The molecule has 2 aromatic carbocycles. The standard InChI is InChI=1S/C16H10N2O2/c1-17-11-3-2-4-12(9-11)20-16-6-5-15-13(7-8-18-15)14(16)10-19/h2-10,18H. The van der Waals surface area contributed by atoms with Gasteiger partial charge in [0.2, 0.25) is 0 Å². The van der Waals surface area contributed by atoms with Crippen molar-refractivity contribution < 1.29 is 9.53 Å². The average Bonchev–Trinajstić information content (AvgIpc) is 2.96. The molecule has 96 valence electrons. The van der Waals surface area contributed by atoms with Crippen LogP contribution in [0, 0.1) is 6.57 Å². The van der Waals surface area contributed by atoms with E-state index in [0.29, 0.717) is 22.7 Å². The summed E-state index contributed by atoms with van der Waals surface area (Å²) in [4.78, 5) is 17.7. The number of ether oxygens (including phenoxy) is 1. The van der Waals surface area contributed by atoms with Crippen LogP contribution in [-0.2, 0) is 0 Å². The largest absolute Gasteiger partial charge is 0.458 e. The molecule has 0 unspecified atom stereocenters. The maximum atomic E-state index is 11.3. The molecule has 4 heteroatoms. The van der Waals surface area contributed by atoms with Gasteiger partial charge >= 0.3 is 0 Å². The molecule has 0 saturated carbocycles. The molecular formula is C16H10N2O2. The van der Waals surface area contributed by atoms with Crippen LogP contribution in [0.3, 0.4) is 0 Å². The van der Waals surface area contributed by atoms with Crippen LogP contribution < -0.4 is 4.74 Å². The van der Waals surface area contributed by atoms with Gasteiger partial charge in [0.05, 0.1) is 12.1 Å². The van der Waals surface area contributed by atoms with Crippen molar-refractivity contribution in [1.82, 2.24) is 4.98 Å². The topological polar surface area (TPSA) is 46.5 Å². The van der Waals surface area contributed by atoms with Gasteiger partial charge in [0.25, 0.3) is 0 Å². The highest BCUT2D eigenvalue weighted by Gasteiger charge is 2.10. The highest BCUT2D eigenvalue weighted by atomic mass is 16.5. The third kappa shape index (κ3) is 2.02. The Morgan fingerprint density at radius 1 is 1.20 bits per heavy atom. The number of carbonyl (C=O) groups is 1. The van der Waals surface area contributed by atoms with E-state index in [0.717, 1.165) is 17.2 Å². The van der Waals surface area contributed by atoms with Crippen LogP contribution in [0.2, 0.25) is 0 Å². The number of nitrogens with zero attached hydrogens (tertiary/aromatic N) is 1. The number of H-pyrrole nitrogens is 1. The van der Waals surface area contributed by atoms with Crippen molar-refractivity contribution in [2.75, 3.05) is 0 Å². The summed E-state index contributed by atoms with van der Waals surface area (Å²) in [5, 5.41) is 0.818. The second-order valence-corrected chi connectivity index (χ2v) is 4.25. The van der Waals surface area contributed by atoms with Gasteiger partial charge in [0, 0.05) is 17.1 Å². The number of carbonyl (C=O) groups excluding carboxylic acids is 1. The molecule has 1 N–H and O–H groups in total. The highest BCUT2D eigenvalue weighted by molar-refractivity contribution is 5.99. The van der Waals surface area contributed by atoms with Crippen LogP contribution >= 0.6 is 0 Å². The molecule has 3 rings (SSSR count). The fourth-order valence-corrected chi connectivity index (χ4v) is 2.09. The van der Waals surface area contributed by atoms with Gasteiger partial charge < -0.3 is 9.72 Å². The summed E-state index contributed by atoms with van der Waals surface area (Å²) in [6.45, 7) is 6.99. The lowest BCUT2D eigenvalue weighted by molar-refractivity contribution is 0.112. The molecule has 0 aliphatic heterocycles. The van der Waals surface area contributed by atoms with E-state index in [-0.39, 0.29) is 0 Å². The zero-order chi connectivity index (χ0) is 13.9. The molecule has 0 radical (unpaired) electrons. The Morgan fingerprint density at radius 2 is 2.10 bits per heavy atom. The second kappa shape index (κ2) is 4.90. The molecule has 20 heavy (non-hydrogen) atoms. The van der Waals surface area contributed by atoms with Gasteiger partial charge in [-0.05, 0) is 30.3 Å². The smallest absolute Gasteiger partial charge is 0.190 e. The van der Waals surface area contributed by atoms with Gasteiger partial charge in [-0.3, -0.25) is 4.79 Å². The maximum Gasteiger partial charge on any atom is 0.190 e. The van der Waals surface area contributed by atoms with E-state index in [1.807, 2.05) is 12.1 Å². The van der Waals surface area contributed by atoms with E-state index < -0.39 is 0 Å². The van der Waals surface area contributed by atoms with Gasteiger partial charge in [-0.1, -0.05) is 12.1 Å². The number of nitrogens with one attached hydrogen (secondary N) is 1. The zero-order valence-corrected chi connectivity index (χ0v) is 10.5. The van der Waals surface area contributed by atoms with Crippen molar-refractivity contribution in [1.29, 1.82) is 0 Å². The maximum absolute atomic E-state index is 11.3. The van der Waals surface area contributed by atoms with Crippen LogP contribution in [-0.4, -0.2) is 11.3 Å². The van der Waals surface area contributed by atoms with Crippen molar-refractivity contribution in [3.8, 4) is 11.5 Å². The van der Waals surface area contributed by atoms with Crippen LogP contribution in [0.4, 0.5) is 5.69 Å². The molecule has 0 fully saturated rings. The third-order valence-corrected chi connectivity index (χ3v) is 3.03. The van der Waals surface area contributed by atoms with E-state index in [1.54, 1.807) is 36.5 Å². The van der Waals surface area contributed by atoms with E-state index in [2.05, 4.69) is 9.83 Å².